The van der Waals surface area contributed by atoms with Gasteiger partial charge in [-0.25, -0.2) is 14.6 Å². The number of nitrogens with zero attached hydrogens (tertiary/aromatic N) is 2. The third-order valence-corrected chi connectivity index (χ3v) is 7.04. The lowest BCUT2D eigenvalue weighted by atomic mass is 9.96. The second kappa shape index (κ2) is 11.8. The molecule has 0 saturated heterocycles. The van der Waals surface area contributed by atoms with Gasteiger partial charge in [0.05, 0.1) is 28.1 Å². The molecule has 0 N–H and O–H groups in total. The van der Waals surface area contributed by atoms with Crippen molar-refractivity contribution in [2.24, 2.45) is 4.99 Å². The first kappa shape index (κ1) is 26.6. The number of aromatic nitrogens is 1. The fourth-order valence-corrected chi connectivity index (χ4v) is 5.20. The Balaban J connectivity index is 1.54. The highest BCUT2D eigenvalue weighted by atomic mass is 32.1. The molecule has 9 heteroatoms. The zero-order valence-electron chi connectivity index (χ0n) is 21.5. The lowest BCUT2D eigenvalue weighted by Crippen LogP contribution is -2.39. The van der Waals surface area contributed by atoms with Crippen LogP contribution in [0.2, 0.25) is 0 Å². The van der Waals surface area contributed by atoms with Gasteiger partial charge in [-0.3, -0.25) is 9.36 Å². The number of hydrogen-bond acceptors (Lipinski definition) is 8. The van der Waals surface area contributed by atoms with Crippen LogP contribution in [0.15, 0.2) is 117 Å². The molecule has 1 aliphatic heterocycles. The van der Waals surface area contributed by atoms with E-state index in [1.807, 2.05) is 42.5 Å². The van der Waals surface area contributed by atoms with Crippen LogP contribution in [0.1, 0.15) is 34.6 Å². The van der Waals surface area contributed by atoms with E-state index in [1.165, 1.54) is 34.3 Å². The van der Waals surface area contributed by atoms with Crippen LogP contribution in [0, 0.1) is 0 Å². The molecule has 0 saturated carbocycles. The Hall–Kier alpha value is -5.02. The molecule has 0 aliphatic carbocycles. The van der Waals surface area contributed by atoms with Crippen molar-refractivity contribution >= 4 is 35.4 Å². The smallest absolute Gasteiger partial charge is 0.379 e. The topological polar surface area (TPSA) is 100 Å². The van der Waals surface area contributed by atoms with Crippen LogP contribution < -0.4 is 19.6 Å². The molecule has 1 atom stereocenters. The first-order chi connectivity index (χ1) is 19.5. The SMILES string of the molecule is C=CCOC(=O)C1=C(C)N=c2s/c(=C\C=C\c3ccccc3)c(=O)n2C1c1ccc(OC(=O)c2ccco2)cc1. The van der Waals surface area contributed by atoms with Crippen LogP contribution in [0.25, 0.3) is 12.2 Å². The fourth-order valence-electron chi connectivity index (χ4n) is 4.21. The van der Waals surface area contributed by atoms with Crippen LogP contribution in [-0.2, 0) is 9.53 Å². The van der Waals surface area contributed by atoms with Gasteiger partial charge in [-0.2, -0.15) is 0 Å². The first-order valence-corrected chi connectivity index (χ1v) is 13.2. The summed E-state index contributed by atoms with van der Waals surface area (Å²) in [6, 6.07) is 18.6. The number of carbonyl (C=O) groups excluding carboxylic acids is 2. The summed E-state index contributed by atoms with van der Waals surface area (Å²) in [4.78, 5) is 44.1. The van der Waals surface area contributed by atoms with Crippen molar-refractivity contribution in [1.82, 2.24) is 4.57 Å². The molecule has 3 heterocycles. The van der Waals surface area contributed by atoms with Gasteiger partial charge in [0.15, 0.2) is 4.80 Å². The highest BCUT2D eigenvalue weighted by Crippen LogP contribution is 2.31. The van der Waals surface area contributed by atoms with Crippen LogP contribution in [0.3, 0.4) is 0 Å². The van der Waals surface area contributed by atoms with E-state index >= 15 is 0 Å². The Kier molecular flexibility index (Phi) is 7.84. The maximum atomic E-state index is 13.6. The lowest BCUT2D eigenvalue weighted by Gasteiger charge is -2.24. The van der Waals surface area contributed by atoms with Gasteiger partial charge in [-0.1, -0.05) is 78.6 Å². The molecule has 2 aromatic heterocycles. The third kappa shape index (κ3) is 5.55. The van der Waals surface area contributed by atoms with Crippen molar-refractivity contribution in [1.29, 1.82) is 0 Å². The molecule has 1 aliphatic rings. The summed E-state index contributed by atoms with van der Waals surface area (Å²) in [5.74, 6) is -0.889. The zero-order chi connectivity index (χ0) is 28.1. The predicted octanol–water partition coefficient (Wildman–Crippen LogP) is 4.44. The standard InChI is InChI=1S/C31H24N2O6S/c1-3-18-38-30(36)26-20(2)32-31-33(28(34)25(40-31)13-7-11-21-9-5-4-6-10-21)27(26)22-14-16-23(17-15-22)39-29(35)24-12-8-19-37-24/h3-17,19,27H,1,18H2,2H3/b11-7+,25-13-. The van der Waals surface area contributed by atoms with Crippen molar-refractivity contribution in [3.8, 4) is 5.75 Å². The summed E-state index contributed by atoms with van der Waals surface area (Å²) in [7, 11) is 0. The van der Waals surface area contributed by atoms with Crippen molar-refractivity contribution < 1.29 is 23.5 Å². The van der Waals surface area contributed by atoms with Crippen LogP contribution in [-0.4, -0.2) is 23.1 Å². The molecule has 0 amide bonds. The van der Waals surface area contributed by atoms with E-state index in [0.29, 0.717) is 20.6 Å². The second-order valence-corrected chi connectivity index (χ2v) is 9.71. The number of allylic oxidation sites excluding steroid dienone is 2. The van der Waals surface area contributed by atoms with Crippen molar-refractivity contribution in [2.75, 3.05) is 6.61 Å². The number of benzene rings is 2. The molecular formula is C31H24N2O6S. The normalized spacial score (nSPS) is 15.0. The van der Waals surface area contributed by atoms with Crippen molar-refractivity contribution in [2.45, 2.75) is 13.0 Å². The van der Waals surface area contributed by atoms with Gasteiger partial charge >= 0.3 is 11.9 Å². The zero-order valence-corrected chi connectivity index (χ0v) is 22.3. The van der Waals surface area contributed by atoms with Gasteiger partial charge in [0.1, 0.15) is 12.4 Å². The molecule has 0 radical (unpaired) electrons. The van der Waals surface area contributed by atoms with E-state index in [2.05, 4.69) is 11.6 Å². The molecule has 2 aromatic carbocycles. The molecule has 40 heavy (non-hydrogen) atoms. The fraction of sp³-hybridized carbons (Fsp3) is 0.0968. The van der Waals surface area contributed by atoms with Crippen LogP contribution in [0.4, 0.5) is 0 Å². The minimum Gasteiger partial charge on any atom is -0.458 e. The average Bonchev–Trinajstić information content (AvgIpc) is 3.61. The third-order valence-electron chi connectivity index (χ3n) is 6.04. The van der Waals surface area contributed by atoms with Crippen molar-refractivity contribution in [3.63, 3.8) is 0 Å². The highest BCUT2D eigenvalue weighted by Gasteiger charge is 2.33. The Labute approximate surface area is 233 Å². The van der Waals surface area contributed by atoms with Gasteiger partial charge < -0.3 is 13.9 Å². The molecular weight excluding hydrogens is 528 g/mol. The molecule has 0 bridgehead atoms. The summed E-state index contributed by atoms with van der Waals surface area (Å²) in [5, 5.41) is 0. The monoisotopic (exact) mass is 552 g/mol. The van der Waals surface area contributed by atoms with E-state index in [4.69, 9.17) is 13.9 Å². The van der Waals surface area contributed by atoms with Crippen LogP contribution >= 0.6 is 11.3 Å². The molecule has 0 spiro atoms. The molecule has 8 nitrogen and oxygen atoms in total. The van der Waals surface area contributed by atoms with E-state index < -0.39 is 18.0 Å². The quantitative estimate of drug-likeness (QED) is 0.182. The predicted molar refractivity (Wildman–Crippen MR) is 151 cm³/mol. The van der Waals surface area contributed by atoms with E-state index in [1.54, 1.807) is 43.3 Å². The number of furan rings is 1. The lowest BCUT2D eigenvalue weighted by molar-refractivity contribution is -0.138. The van der Waals surface area contributed by atoms with Gasteiger partial charge in [0.25, 0.3) is 5.56 Å². The largest absolute Gasteiger partial charge is 0.458 e. The summed E-state index contributed by atoms with van der Waals surface area (Å²) in [6.45, 7) is 5.32. The summed E-state index contributed by atoms with van der Waals surface area (Å²) >= 11 is 1.24. The van der Waals surface area contributed by atoms with E-state index in [9.17, 15) is 14.4 Å². The number of ether oxygens (including phenoxy) is 2. The molecule has 200 valence electrons. The van der Waals surface area contributed by atoms with Crippen LogP contribution in [0.5, 0.6) is 5.75 Å². The maximum Gasteiger partial charge on any atom is 0.379 e. The number of thiazole rings is 1. The number of hydrogen-bond donors (Lipinski definition) is 0. The Morgan fingerprint density at radius 2 is 1.85 bits per heavy atom. The van der Waals surface area contributed by atoms with Crippen molar-refractivity contribution in [3.05, 3.63) is 140 Å². The second-order valence-electron chi connectivity index (χ2n) is 8.70. The highest BCUT2D eigenvalue weighted by molar-refractivity contribution is 7.07. The Bertz CT molecular complexity index is 1790. The Morgan fingerprint density at radius 1 is 1.07 bits per heavy atom. The average molecular weight is 553 g/mol. The number of rotatable bonds is 8. The van der Waals surface area contributed by atoms with E-state index in [0.717, 1.165) is 5.56 Å². The van der Waals surface area contributed by atoms with Gasteiger partial charge in [0.2, 0.25) is 5.76 Å². The number of fused-ring (bicyclic) bond motifs is 1. The molecule has 0 fully saturated rings. The van der Waals surface area contributed by atoms with Gasteiger partial charge in [0, 0.05) is 0 Å². The molecule has 1 unspecified atom stereocenters. The van der Waals surface area contributed by atoms with Gasteiger partial charge in [-0.15, -0.1) is 0 Å². The minimum atomic E-state index is -0.802. The minimum absolute atomic E-state index is 0.0126. The molecule has 4 aromatic rings. The van der Waals surface area contributed by atoms with E-state index in [-0.39, 0.29) is 29.2 Å². The number of esters is 2. The summed E-state index contributed by atoms with van der Waals surface area (Å²) < 4.78 is 17.8. The van der Waals surface area contributed by atoms with Gasteiger partial charge in [-0.05, 0) is 48.4 Å². The first-order valence-electron chi connectivity index (χ1n) is 12.3. The molecule has 5 rings (SSSR count). The summed E-state index contributed by atoms with van der Waals surface area (Å²) in [5.41, 5.74) is 2.01. The number of carbonyl (C=O) groups is 2. The Morgan fingerprint density at radius 3 is 2.55 bits per heavy atom. The maximum absolute atomic E-state index is 13.6. The summed E-state index contributed by atoms with van der Waals surface area (Å²) in [6.07, 6.45) is 8.31.